The lowest BCUT2D eigenvalue weighted by Crippen LogP contribution is -2.17. The summed E-state index contributed by atoms with van der Waals surface area (Å²) < 4.78 is 2.02. The lowest BCUT2D eigenvalue weighted by Gasteiger charge is -2.14. The molecule has 1 unspecified atom stereocenters. The largest absolute Gasteiger partial charge is 0.391 e. The summed E-state index contributed by atoms with van der Waals surface area (Å²) in [6, 6.07) is 7.99. The predicted octanol–water partition coefficient (Wildman–Crippen LogP) is 2.44. The maximum absolute atomic E-state index is 9.90. The van der Waals surface area contributed by atoms with E-state index in [4.69, 9.17) is 0 Å². The van der Waals surface area contributed by atoms with Crippen LogP contribution < -0.4 is 0 Å². The molecule has 16 heavy (non-hydrogen) atoms. The minimum Gasteiger partial charge on any atom is -0.391 e. The Balaban J connectivity index is 2.15. The fourth-order valence-electron chi connectivity index (χ4n) is 2.00. The number of imidazole rings is 1. The van der Waals surface area contributed by atoms with Crippen LogP contribution in [0, 0.1) is 5.92 Å². The number of nitrogens with zero attached hydrogens (tertiary/aromatic N) is 2. The first-order chi connectivity index (χ1) is 7.66. The Hall–Kier alpha value is -1.35. The number of hydrogen-bond acceptors (Lipinski definition) is 2. The van der Waals surface area contributed by atoms with Crippen LogP contribution in [-0.2, 0) is 6.54 Å². The second-order valence-electron chi connectivity index (χ2n) is 4.67. The van der Waals surface area contributed by atoms with E-state index in [9.17, 15) is 5.11 Å². The van der Waals surface area contributed by atoms with Gasteiger partial charge in [0.05, 0.1) is 30.0 Å². The van der Waals surface area contributed by atoms with E-state index in [-0.39, 0.29) is 6.10 Å². The number of aliphatic hydroxyl groups is 1. The Morgan fingerprint density at radius 2 is 2.06 bits per heavy atom. The van der Waals surface area contributed by atoms with E-state index in [0.717, 1.165) is 17.5 Å². The van der Waals surface area contributed by atoms with Gasteiger partial charge in [0.15, 0.2) is 0 Å². The van der Waals surface area contributed by atoms with Gasteiger partial charge in [0.1, 0.15) is 0 Å². The van der Waals surface area contributed by atoms with Crippen LogP contribution in [0.15, 0.2) is 30.6 Å². The van der Waals surface area contributed by atoms with Gasteiger partial charge in [0.25, 0.3) is 0 Å². The Kier molecular flexibility index (Phi) is 3.25. The highest BCUT2D eigenvalue weighted by Gasteiger charge is 2.09. The topological polar surface area (TPSA) is 38.0 Å². The van der Waals surface area contributed by atoms with Crippen molar-refractivity contribution >= 4 is 11.0 Å². The quantitative estimate of drug-likeness (QED) is 0.856. The van der Waals surface area contributed by atoms with Crippen molar-refractivity contribution in [2.75, 3.05) is 0 Å². The standard InChI is InChI=1S/C13H18N2O/c1-10(2)7-11(16)8-15-9-14-12-5-3-4-6-13(12)15/h3-6,9-11,16H,7-8H2,1-2H3. The molecule has 3 heteroatoms. The third-order valence-corrected chi connectivity index (χ3v) is 2.68. The van der Waals surface area contributed by atoms with Gasteiger partial charge in [-0.1, -0.05) is 26.0 Å². The van der Waals surface area contributed by atoms with Crippen molar-refractivity contribution in [3.63, 3.8) is 0 Å². The van der Waals surface area contributed by atoms with Crippen LogP contribution in [0.25, 0.3) is 11.0 Å². The van der Waals surface area contributed by atoms with Gasteiger partial charge >= 0.3 is 0 Å². The fourth-order valence-corrected chi connectivity index (χ4v) is 2.00. The third-order valence-electron chi connectivity index (χ3n) is 2.68. The smallest absolute Gasteiger partial charge is 0.0959 e. The summed E-state index contributed by atoms with van der Waals surface area (Å²) in [6.45, 7) is 4.86. The molecular weight excluding hydrogens is 200 g/mol. The van der Waals surface area contributed by atoms with Crippen LogP contribution in [0.5, 0.6) is 0 Å². The summed E-state index contributed by atoms with van der Waals surface area (Å²) in [5.41, 5.74) is 2.07. The molecule has 1 aromatic carbocycles. The van der Waals surface area contributed by atoms with Crippen LogP contribution in [-0.4, -0.2) is 20.8 Å². The van der Waals surface area contributed by atoms with E-state index in [1.54, 1.807) is 6.33 Å². The first kappa shape index (κ1) is 11.1. The zero-order valence-electron chi connectivity index (χ0n) is 9.80. The van der Waals surface area contributed by atoms with Crippen molar-refractivity contribution in [1.29, 1.82) is 0 Å². The van der Waals surface area contributed by atoms with Crippen LogP contribution in [0.3, 0.4) is 0 Å². The van der Waals surface area contributed by atoms with E-state index >= 15 is 0 Å². The molecule has 1 heterocycles. The van der Waals surface area contributed by atoms with E-state index in [2.05, 4.69) is 18.8 Å². The summed E-state index contributed by atoms with van der Waals surface area (Å²) >= 11 is 0. The van der Waals surface area contributed by atoms with E-state index in [1.165, 1.54) is 0 Å². The van der Waals surface area contributed by atoms with Gasteiger partial charge in [-0.05, 0) is 24.5 Å². The van der Waals surface area contributed by atoms with Gasteiger partial charge in [-0.15, -0.1) is 0 Å². The zero-order valence-corrected chi connectivity index (χ0v) is 9.80. The zero-order chi connectivity index (χ0) is 11.5. The second kappa shape index (κ2) is 4.66. The molecule has 0 fully saturated rings. The molecule has 0 aliphatic carbocycles. The van der Waals surface area contributed by atoms with Gasteiger partial charge in [0, 0.05) is 0 Å². The molecule has 86 valence electrons. The van der Waals surface area contributed by atoms with Crippen molar-refractivity contribution < 1.29 is 5.11 Å². The fraction of sp³-hybridized carbons (Fsp3) is 0.462. The molecule has 2 rings (SSSR count). The maximum atomic E-state index is 9.90. The van der Waals surface area contributed by atoms with E-state index in [0.29, 0.717) is 12.5 Å². The number of hydrogen-bond donors (Lipinski definition) is 1. The Morgan fingerprint density at radius 3 is 2.81 bits per heavy atom. The minimum absolute atomic E-state index is 0.294. The minimum atomic E-state index is -0.294. The molecule has 0 aliphatic rings. The van der Waals surface area contributed by atoms with Crippen molar-refractivity contribution in [3.8, 4) is 0 Å². The molecule has 1 atom stereocenters. The third kappa shape index (κ3) is 2.42. The highest BCUT2D eigenvalue weighted by Crippen LogP contribution is 2.14. The SMILES string of the molecule is CC(C)CC(O)Cn1cnc2ccccc21. The van der Waals surface area contributed by atoms with E-state index in [1.807, 2.05) is 28.8 Å². The molecule has 0 bridgehead atoms. The summed E-state index contributed by atoms with van der Waals surface area (Å²) in [6.07, 6.45) is 2.33. The average Bonchev–Trinajstić information content (AvgIpc) is 2.61. The monoisotopic (exact) mass is 218 g/mol. The lowest BCUT2D eigenvalue weighted by molar-refractivity contribution is 0.131. The number of aromatic nitrogens is 2. The highest BCUT2D eigenvalue weighted by molar-refractivity contribution is 5.74. The van der Waals surface area contributed by atoms with Crippen LogP contribution in [0.2, 0.25) is 0 Å². The van der Waals surface area contributed by atoms with Crippen LogP contribution in [0.4, 0.5) is 0 Å². The van der Waals surface area contributed by atoms with Gasteiger partial charge in [-0.25, -0.2) is 4.98 Å². The number of para-hydroxylation sites is 2. The lowest BCUT2D eigenvalue weighted by atomic mass is 10.1. The van der Waals surface area contributed by atoms with E-state index < -0.39 is 0 Å². The summed E-state index contributed by atoms with van der Waals surface area (Å²) in [5.74, 6) is 0.518. The first-order valence-corrected chi connectivity index (χ1v) is 5.74. The number of aliphatic hydroxyl groups excluding tert-OH is 1. The summed E-state index contributed by atoms with van der Waals surface area (Å²) in [5, 5.41) is 9.90. The van der Waals surface area contributed by atoms with Gasteiger partial charge in [-0.2, -0.15) is 0 Å². The summed E-state index contributed by atoms with van der Waals surface area (Å²) in [7, 11) is 0. The molecule has 3 nitrogen and oxygen atoms in total. The number of rotatable bonds is 4. The normalized spacial score (nSPS) is 13.5. The average molecular weight is 218 g/mol. The second-order valence-corrected chi connectivity index (χ2v) is 4.67. The van der Waals surface area contributed by atoms with Crippen molar-refractivity contribution in [3.05, 3.63) is 30.6 Å². The highest BCUT2D eigenvalue weighted by atomic mass is 16.3. The molecule has 1 N–H and O–H groups in total. The van der Waals surface area contributed by atoms with Crippen molar-refractivity contribution in [2.45, 2.75) is 32.9 Å². The molecular formula is C13H18N2O. The molecule has 0 saturated carbocycles. The first-order valence-electron chi connectivity index (χ1n) is 5.74. The van der Waals surface area contributed by atoms with Crippen molar-refractivity contribution in [1.82, 2.24) is 9.55 Å². The van der Waals surface area contributed by atoms with Gasteiger partial charge in [-0.3, -0.25) is 0 Å². The van der Waals surface area contributed by atoms with Crippen LogP contribution in [0.1, 0.15) is 20.3 Å². The van der Waals surface area contributed by atoms with Crippen molar-refractivity contribution in [2.24, 2.45) is 5.92 Å². The molecule has 1 aromatic heterocycles. The Bertz CT molecular complexity index is 462. The summed E-state index contributed by atoms with van der Waals surface area (Å²) in [4.78, 5) is 4.30. The Morgan fingerprint density at radius 1 is 1.31 bits per heavy atom. The Labute approximate surface area is 95.7 Å². The molecule has 0 saturated heterocycles. The molecule has 0 aliphatic heterocycles. The van der Waals surface area contributed by atoms with Gasteiger partial charge in [0.2, 0.25) is 0 Å². The number of fused-ring (bicyclic) bond motifs is 1. The molecule has 0 amide bonds. The number of benzene rings is 1. The predicted molar refractivity (Wildman–Crippen MR) is 65.2 cm³/mol. The maximum Gasteiger partial charge on any atom is 0.0959 e. The molecule has 2 aromatic rings. The van der Waals surface area contributed by atoms with Gasteiger partial charge < -0.3 is 9.67 Å². The molecule has 0 spiro atoms. The van der Waals surface area contributed by atoms with Crippen LogP contribution >= 0.6 is 0 Å². The molecule has 0 radical (unpaired) electrons.